The fourth-order valence-corrected chi connectivity index (χ4v) is 1.21. The first-order valence-electron chi connectivity index (χ1n) is 4.24. The van der Waals surface area contributed by atoms with E-state index in [-0.39, 0.29) is 0 Å². The second-order valence-corrected chi connectivity index (χ2v) is 3.84. The third-order valence-electron chi connectivity index (χ3n) is 1.77. The third-order valence-corrected chi connectivity index (χ3v) is 1.77. The zero-order valence-corrected chi connectivity index (χ0v) is 8.92. The quantitative estimate of drug-likeness (QED) is 0.613. The Hall–Kier alpha value is -1.63. The number of phenolic OH excluding ortho intramolecular Hbond substituents is 1. The minimum atomic E-state index is -4.67. The standard InChI is InChI=1S/C10H8O.H2O4S/c11-10-7-3-5-8-4-1-2-6-9(8)10;1-5(2,3)4/h1-7,11H;(H2,1,2,3,4). The fourth-order valence-electron chi connectivity index (χ4n) is 1.21. The number of hydrogen-bond donors (Lipinski definition) is 3. The van der Waals surface area contributed by atoms with Crippen molar-refractivity contribution >= 4 is 21.2 Å². The Morgan fingerprint density at radius 3 is 1.94 bits per heavy atom. The van der Waals surface area contributed by atoms with Gasteiger partial charge in [-0.2, -0.15) is 8.42 Å². The summed E-state index contributed by atoms with van der Waals surface area (Å²) >= 11 is 0. The molecule has 0 spiro atoms. The molecular formula is C10H10O5S. The van der Waals surface area contributed by atoms with Gasteiger partial charge in [0, 0.05) is 5.39 Å². The van der Waals surface area contributed by atoms with Gasteiger partial charge in [0.2, 0.25) is 0 Å². The van der Waals surface area contributed by atoms with Crippen LogP contribution in [0.4, 0.5) is 0 Å². The molecule has 0 saturated carbocycles. The number of fused-ring (bicyclic) bond motifs is 1. The van der Waals surface area contributed by atoms with E-state index in [4.69, 9.17) is 17.5 Å². The molecule has 0 unspecified atom stereocenters. The number of aromatic hydroxyl groups is 1. The molecule has 0 saturated heterocycles. The summed E-state index contributed by atoms with van der Waals surface area (Å²) in [6.07, 6.45) is 0. The van der Waals surface area contributed by atoms with Crippen LogP contribution < -0.4 is 0 Å². The van der Waals surface area contributed by atoms with Gasteiger partial charge in [-0.3, -0.25) is 9.11 Å². The van der Waals surface area contributed by atoms with Crippen molar-refractivity contribution in [3.8, 4) is 5.75 Å². The Morgan fingerprint density at radius 2 is 1.38 bits per heavy atom. The molecule has 16 heavy (non-hydrogen) atoms. The van der Waals surface area contributed by atoms with Crippen molar-refractivity contribution in [2.75, 3.05) is 0 Å². The summed E-state index contributed by atoms with van der Waals surface area (Å²) in [5, 5.41) is 11.4. The first-order valence-corrected chi connectivity index (χ1v) is 5.64. The van der Waals surface area contributed by atoms with E-state index in [1.807, 2.05) is 36.4 Å². The smallest absolute Gasteiger partial charge is 0.394 e. The van der Waals surface area contributed by atoms with Crippen molar-refractivity contribution in [3.05, 3.63) is 42.5 Å². The monoisotopic (exact) mass is 242 g/mol. The Labute approximate surface area is 92.5 Å². The number of hydrogen-bond acceptors (Lipinski definition) is 3. The highest BCUT2D eigenvalue weighted by atomic mass is 32.3. The van der Waals surface area contributed by atoms with E-state index in [9.17, 15) is 5.11 Å². The molecular weight excluding hydrogens is 232 g/mol. The summed E-state index contributed by atoms with van der Waals surface area (Å²) in [4.78, 5) is 0. The van der Waals surface area contributed by atoms with Crippen molar-refractivity contribution in [3.63, 3.8) is 0 Å². The van der Waals surface area contributed by atoms with Crippen LogP contribution in [0, 0.1) is 0 Å². The minimum absolute atomic E-state index is 0.350. The zero-order chi connectivity index (χ0) is 12.2. The van der Waals surface area contributed by atoms with Gasteiger partial charge in [0.1, 0.15) is 5.75 Å². The summed E-state index contributed by atoms with van der Waals surface area (Å²) < 4.78 is 31.6. The topological polar surface area (TPSA) is 94.8 Å². The zero-order valence-electron chi connectivity index (χ0n) is 8.11. The molecule has 0 aliphatic rings. The van der Waals surface area contributed by atoms with Crippen LogP contribution >= 0.6 is 0 Å². The van der Waals surface area contributed by atoms with Gasteiger partial charge in [0.05, 0.1) is 0 Å². The van der Waals surface area contributed by atoms with E-state index >= 15 is 0 Å². The maximum atomic E-state index is 9.37. The summed E-state index contributed by atoms with van der Waals surface area (Å²) in [5.74, 6) is 0.350. The molecule has 2 rings (SSSR count). The van der Waals surface area contributed by atoms with E-state index in [0.717, 1.165) is 10.8 Å². The van der Waals surface area contributed by atoms with Gasteiger partial charge in [0.15, 0.2) is 0 Å². The molecule has 0 heterocycles. The summed E-state index contributed by atoms with van der Waals surface area (Å²) in [7, 11) is -4.67. The van der Waals surface area contributed by atoms with E-state index in [1.54, 1.807) is 6.07 Å². The lowest BCUT2D eigenvalue weighted by Crippen LogP contribution is -1.89. The van der Waals surface area contributed by atoms with E-state index in [0.29, 0.717) is 5.75 Å². The fraction of sp³-hybridized carbons (Fsp3) is 0. The van der Waals surface area contributed by atoms with Gasteiger partial charge in [-0.05, 0) is 11.5 Å². The lowest BCUT2D eigenvalue weighted by atomic mass is 10.1. The van der Waals surface area contributed by atoms with Gasteiger partial charge < -0.3 is 5.11 Å². The second-order valence-electron chi connectivity index (χ2n) is 2.95. The molecule has 3 N–H and O–H groups in total. The Morgan fingerprint density at radius 1 is 0.875 bits per heavy atom. The van der Waals surface area contributed by atoms with E-state index in [2.05, 4.69) is 0 Å². The Kier molecular flexibility index (Phi) is 3.83. The van der Waals surface area contributed by atoms with Crippen molar-refractivity contribution in [1.82, 2.24) is 0 Å². The van der Waals surface area contributed by atoms with Gasteiger partial charge >= 0.3 is 10.4 Å². The maximum Gasteiger partial charge on any atom is 0.394 e. The maximum absolute atomic E-state index is 9.37. The number of benzene rings is 2. The molecule has 0 atom stereocenters. The predicted molar refractivity (Wildman–Crippen MR) is 59.8 cm³/mol. The van der Waals surface area contributed by atoms with Crippen molar-refractivity contribution in [2.45, 2.75) is 0 Å². The minimum Gasteiger partial charge on any atom is -0.507 e. The lowest BCUT2D eigenvalue weighted by Gasteiger charge is -1.97. The molecule has 6 heteroatoms. The van der Waals surface area contributed by atoms with Crippen LogP contribution in [0.25, 0.3) is 10.8 Å². The number of phenols is 1. The highest BCUT2D eigenvalue weighted by molar-refractivity contribution is 7.79. The first kappa shape index (κ1) is 12.4. The molecule has 0 aliphatic heterocycles. The largest absolute Gasteiger partial charge is 0.507 e. The first-order chi connectivity index (χ1) is 7.38. The molecule has 0 aliphatic carbocycles. The van der Waals surface area contributed by atoms with Crippen molar-refractivity contribution in [1.29, 1.82) is 0 Å². The Bertz CT molecular complexity index is 563. The molecule has 5 nitrogen and oxygen atoms in total. The average molecular weight is 242 g/mol. The van der Waals surface area contributed by atoms with Gasteiger partial charge in [-0.15, -0.1) is 0 Å². The van der Waals surface area contributed by atoms with E-state index < -0.39 is 10.4 Å². The van der Waals surface area contributed by atoms with Gasteiger partial charge in [-0.25, -0.2) is 0 Å². The van der Waals surface area contributed by atoms with E-state index in [1.165, 1.54) is 0 Å². The SMILES string of the molecule is O=S(=O)(O)O.Oc1cccc2ccccc12. The molecule has 0 amide bonds. The normalized spacial score (nSPS) is 10.6. The summed E-state index contributed by atoms with van der Waals surface area (Å²) in [6, 6.07) is 13.3. The van der Waals surface area contributed by atoms with Crippen LogP contribution in [0.5, 0.6) is 5.75 Å². The average Bonchev–Trinajstić information content (AvgIpc) is 2.16. The van der Waals surface area contributed by atoms with Crippen LogP contribution in [-0.4, -0.2) is 22.6 Å². The summed E-state index contributed by atoms with van der Waals surface area (Å²) in [6.45, 7) is 0. The van der Waals surface area contributed by atoms with Gasteiger partial charge in [-0.1, -0.05) is 36.4 Å². The van der Waals surface area contributed by atoms with Crippen LogP contribution in [-0.2, 0) is 10.4 Å². The van der Waals surface area contributed by atoms with Crippen LogP contribution in [0.15, 0.2) is 42.5 Å². The molecule has 86 valence electrons. The molecule has 2 aromatic carbocycles. The molecule has 0 fully saturated rings. The van der Waals surface area contributed by atoms with Crippen molar-refractivity contribution < 1.29 is 22.6 Å². The molecule has 2 aromatic rings. The highest BCUT2D eigenvalue weighted by Gasteiger charge is 1.94. The van der Waals surface area contributed by atoms with Gasteiger partial charge in [0.25, 0.3) is 0 Å². The number of rotatable bonds is 0. The van der Waals surface area contributed by atoms with Crippen LogP contribution in [0.3, 0.4) is 0 Å². The molecule has 0 aromatic heterocycles. The predicted octanol–water partition coefficient (Wildman–Crippen LogP) is 1.89. The second kappa shape index (κ2) is 4.93. The van der Waals surface area contributed by atoms with Crippen molar-refractivity contribution in [2.24, 2.45) is 0 Å². The highest BCUT2D eigenvalue weighted by Crippen LogP contribution is 2.22. The van der Waals surface area contributed by atoms with Crippen LogP contribution in [0.2, 0.25) is 0 Å². The van der Waals surface area contributed by atoms with Crippen LogP contribution in [0.1, 0.15) is 0 Å². The molecule has 0 radical (unpaired) electrons. The summed E-state index contributed by atoms with van der Waals surface area (Å²) in [5.41, 5.74) is 0. The Balaban J connectivity index is 0.000000221. The lowest BCUT2D eigenvalue weighted by molar-refractivity contribution is 0.381. The molecule has 0 bridgehead atoms. The third kappa shape index (κ3) is 4.26.